The number of halogens is 4. The second kappa shape index (κ2) is 12.1. The number of imidazole rings is 1. The van der Waals surface area contributed by atoms with Crippen molar-refractivity contribution in [3.8, 4) is 0 Å². The van der Waals surface area contributed by atoms with Crippen LogP contribution < -0.4 is 17.0 Å². The van der Waals surface area contributed by atoms with E-state index in [0.29, 0.717) is 17.0 Å². The standard InChI is InChI=1S/C29H31ClF3N5O4/c1-4-28(26(40)42-5-2,19-8-6-9-20(16-19)29(31,32)33)25-35-23-22(38(25)17-18-10-12-21(30)13-11-18)24(39)37(15-7-14-34)27(41)36(23)3/h6,8-13,16H,4-5,7,14-15,17,34H2,1-3H3. The van der Waals surface area contributed by atoms with Crippen LogP contribution in [-0.4, -0.2) is 37.8 Å². The van der Waals surface area contributed by atoms with Crippen molar-refractivity contribution in [2.45, 2.75) is 51.4 Å². The molecule has 2 aromatic heterocycles. The highest BCUT2D eigenvalue weighted by atomic mass is 35.5. The van der Waals surface area contributed by atoms with Crippen LogP contribution in [0.3, 0.4) is 0 Å². The quantitative estimate of drug-likeness (QED) is 0.271. The molecular formula is C29H31ClF3N5O4. The van der Waals surface area contributed by atoms with Gasteiger partial charge in [-0.2, -0.15) is 13.2 Å². The summed E-state index contributed by atoms with van der Waals surface area (Å²) in [5.41, 5.74) is 2.15. The maximum Gasteiger partial charge on any atom is 0.416 e. The summed E-state index contributed by atoms with van der Waals surface area (Å²) in [5.74, 6) is -0.871. The molecule has 0 fully saturated rings. The molecule has 1 atom stereocenters. The average Bonchev–Trinajstić information content (AvgIpc) is 3.33. The van der Waals surface area contributed by atoms with Crippen LogP contribution in [0.25, 0.3) is 11.2 Å². The van der Waals surface area contributed by atoms with Gasteiger partial charge in [0.05, 0.1) is 12.2 Å². The van der Waals surface area contributed by atoms with E-state index >= 15 is 0 Å². The lowest BCUT2D eigenvalue weighted by atomic mass is 9.76. The number of carbonyl (C=O) groups excluding carboxylic acids is 1. The van der Waals surface area contributed by atoms with Crippen LogP contribution in [0.1, 0.15) is 49.2 Å². The first-order valence-corrected chi connectivity index (χ1v) is 13.8. The minimum atomic E-state index is -4.69. The number of nitrogens with two attached hydrogens (primary N) is 1. The maximum atomic E-state index is 13.9. The molecular weight excluding hydrogens is 575 g/mol. The van der Waals surface area contributed by atoms with E-state index in [4.69, 9.17) is 22.1 Å². The van der Waals surface area contributed by atoms with Gasteiger partial charge in [0, 0.05) is 25.2 Å². The minimum absolute atomic E-state index is 0.00650. The smallest absolute Gasteiger partial charge is 0.416 e. The van der Waals surface area contributed by atoms with Crippen LogP contribution in [0, 0.1) is 0 Å². The summed E-state index contributed by atoms with van der Waals surface area (Å²) < 4.78 is 50.7. The van der Waals surface area contributed by atoms with Crippen LogP contribution in [0.5, 0.6) is 0 Å². The third kappa shape index (κ3) is 5.48. The Hall–Kier alpha value is -3.90. The summed E-state index contributed by atoms with van der Waals surface area (Å²) in [6.45, 7) is 3.43. The molecule has 0 aliphatic heterocycles. The van der Waals surface area contributed by atoms with Crippen molar-refractivity contribution < 1.29 is 22.7 Å². The molecule has 4 rings (SSSR count). The number of ether oxygens (including phenoxy) is 1. The monoisotopic (exact) mass is 605 g/mol. The molecule has 0 saturated carbocycles. The predicted molar refractivity (Wildman–Crippen MR) is 153 cm³/mol. The van der Waals surface area contributed by atoms with E-state index in [2.05, 4.69) is 4.98 Å². The van der Waals surface area contributed by atoms with Crippen molar-refractivity contribution in [2.24, 2.45) is 12.8 Å². The molecule has 0 bridgehead atoms. The van der Waals surface area contributed by atoms with E-state index in [-0.39, 0.29) is 55.2 Å². The zero-order chi connectivity index (χ0) is 30.8. The van der Waals surface area contributed by atoms with Crippen LogP contribution in [0.4, 0.5) is 13.2 Å². The Bertz CT molecular complexity index is 1730. The Morgan fingerprint density at radius 1 is 1.05 bits per heavy atom. The first-order chi connectivity index (χ1) is 19.9. The lowest BCUT2D eigenvalue weighted by Crippen LogP contribution is -2.42. The average molecular weight is 606 g/mol. The third-order valence-corrected chi connectivity index (χ3v) is 7.54. The Kier molecular flexibility index (Phi) is 8.98. The molecule has 2 N–H and O–H groups in total. The number of fused-ring (bicyclic) bond motifs is 1. The van der Waals surface area contributed by atoms with Gasteiger partial charge >= 0.3 is 17.8 Å². The summed E-state index contributed by atoms with van der Waals surface area (Å²) in [6, 6.07) is 11.1. The first-order valence-electron chi connectivity index (χ1n) is 13.4. The van der Waals surface area contributed by atoms with Gasteiger partial charge in [-0.15, -0.1) is 0 Å². The van der Waals surface area contributed by atoms with Crippen molar-refractivity contribution in [2.75, 3.05) is 13.2 Å². The molecule has 0 spiro atoms. The Morgan fingerprint density at radius 2 is 1.71 bits per heavy atom. The van der Waals surface area contributed by atoms with E-state index in [9.17, 15) is 27.6 Å². The van der Waals surface area contributed by atoms with Gasteiger partial charge in [-0.25, -0.2) is 9.78 Å². The Balaban J connectivity index is 2.17. The fraction of sp³-hybridized carbons (Fsp3) is 0.379. The number of rotatable bonds is 10. The van der Waals surface area contributed by atoms with E-state index in [0.717, 1.165) is 16.7 Å². The molecule has 2 heterocycles. The fourth-order valence-electron chi connectivity index (χ4n) is 5.13. The lowest BCUT2D eigenvalue weighted by molar-refractivity contribution is -0.149. The van der Waals surface area contributed by atoms with Gasteiger partial charge in [0.1, 0.15) is 5.82 Å². The molecule has 1 unspecified atom stereocenters. The molecule has 0 aliphatic rings. The molecule has 0 saturated heterocycles. The highest BCUT2D eigenvalue weighted by Gasteiger charge is 2.48. The van der Waals surface area contributed by atoms with Gasteiger partial charge < -0.3 is 15.0 Å². The van der Waals surface area contributed by atoms with E-state index in [1.54, 1.807) is 38.1 Å². The number of alkyl halides is 3. The minimum Gasteiger partial charge on any atom is -0.465 e. The van der Waals surface area contributed by atoms with E-state index in [1.165, 1.54) is 28.3 Å². The van der Waals surface area contributed by atoms with Gasteiger partial charge in [-0.05, 0) is 55.6 Å². The number of esters is 1. The number of hydrogen-bond acceptors (Lipinski definition) is 6. The number of nitrogens with zero attached hydrogens (tertiary/aromatic N) is 4. The van der Waals surface area contributed by atoms with Gasteiger partial charge in [0.15, 0.2) is 16.6 Å². The first kappa shape index (κ1) is 31.0. The molecule has 0 aliphatic carbocycles. The van der Waals surface area contributed by atoms with Crippen molar-refractivity contribution in [1.82, 2.24) is 18.7 Å². The summed E-state index contributed by atoms with van der Waals surface area (Å²) in [7, 11) is 1.44. The molecule has 42 heavy (non-hydrogen) atoms. The lowest BCUT2D eigenvalue weighted by Gasteiger charge is -2.31. The zero-order valence-corrected chi connectivity index (χ0v) is 24.1. The Labute approximate surface area is 244 Å². The maximum absolute atomic E-state index is 13.9. The van der Waals surface area contributed by atoms with Crippen molar-refractivity contribution in [3.05, 3.63) is 96.9 Å². The summed E-state index contributed by atoms with van der Waals surface area (Å²) >= 11 is 6.08. The normalized spacial score (nSPS) is 13.3. The SMILES string of the molecule is CCOC(=O)C(CC)(c1cccc(C(F)(F)F)c1)c1nc2c(c(=O)n(CCCN)c(=O)n2C)n1Cc1ccc(Cl)cc1. The van der Waals surface area contributed by atoms with E-state index in [1.807, 2.05) is 0 Å². The van der Waals surface area contributed by atoms with Crippen LogP contribution in [-0.2, 0) is 41.3 Å². The summed E-state index contributed by atoms with van der Waals surface area (Å²) in [6.07, 6.45) is -4.40. The van der Waals surface area contributed by atoms with Gasteiger partial charge in [-0.3, -0.25) is 18.7 Å². The predicted octanol–water partition coefficient (Wildman–Crippen LogP) is 4.23. The van der Waals surface area contributed by atoms with Crippen LogP contribution in [0.2, 0.25) is 5.02 Å². The molecule has 13 heteroatoms. The second-order valence-electron chi connectivity index (χ2n) is 9.82. The topological polar surface area (TPSA) is 114 Å². The molecule has 4 aromatic rings. The van der Waals surface area contributed by atoms with Gasteiger partial charge in [0.2, 0.25) is 0 Å². The van der Waals surface area contributed by atoms with Gasteiger partial charge in [-0.1, -0.05) is 48.9 Å². The van der Waals surface area contributed by atoms with Crippen LogP contribution in [0.15, 0.2) is 58.1 Å². The van der Waals surface area contributed by atoms with Gasteiger partial charge in [0.25, 0.3) is 5.56 Å². The second-order valence-corrected chi connectivity index (χ2v) is 10.3. The molecule has 0 amide bonds. The molecule has 2 aromatic carbocycles. The zero-order valence-electron chi connectivity index (χ0n) is 23.4. The molecule has 9 nitrogen and oxygen atoms in total. The Morgan fingerprint density at radius 3 is 2.31 bits per heavy atom. The van der Waals surface area contributed by atoms with Crippen molar-refractivity contribution in [3.63, 3.8) is 0 Å². The third-order valence-electron chi connectivity index (χ3n) is 7.29. The van der Waals surface area contributed by atoms with E-state index < -0.39 is 34.4 Å². The van der Waals surface area contributed by atoms with Crippen molar-refractivity contribution >= 4 is 28.7 Å². The number of aryl methyl sites for hydroxylation is 1. The van der Waals surface area contributed by atoms with Crippen LogP contribution >= 0.6 is 11.6 Å². The number of aromatic nitrogens is 4. The number of hydrogen-bond donors (Lipinski definition) is 1. The number of benzene rings is 2. The number of carbonyl (C=O) groups is 1. The highest BCUT2D eigenvalue weighted by Crippen LogP contribution is 2.40. The summed E-state index contributed by atoms with van der Waals surface area (Å²) in [4.78, 5) is 45.6. The van der Waals surface area contributed by atoms with Crippen molar-refractivity contribution in [1.29, 1.82) is 0 Å². The molecule has 224 valence electrons. The highest BCUT2D eigenvalue weighted by molar-refractivity contribution is 6.30. The molecule has 0 radical (unpaired) electrons. The fourth-order valence-corrected chi connectivity index (χ4v) is 5.26. The summed E-state index contributed by atoms with van der Waals surface area (Å²) in [5, 5.41) is 0.472. The largest absolute Gasteiger partial charge is 0.465 e.